The van der Waals surface area contributed by atoms with Crippen LogP contribution in [0.15, 0.2) is 24.3 Å². The van der Waals surface area contributed by atoms with Gasteiger partial charge < -0.3 is 15.8 Å². The molecule has 3 N–H and O–H groups in total. The Hall–Kier alpha value is -1.55. The van der Waals surface area contributed by atoms with Crippen molar-refractivity contribution >= 4 is 11.6 Å². The molecule has 0 fully saturated rings. The lowest BCUT2D eigenvalue weighted by Crippen LogP contribution is -2.19. The van der Waals surface area contributed by atoms with E-state index in [4.69, 9.17) is 10.5 Å². The quantitative estimate of drug-likeness (QED) is 0.795. The summed E-state index contributed by atoms with van der Waals surface area (Å²) < 4.78 is 5.43. The summed E-state index contributed by atoms with van der Waals surface area (Å²) >= 11 is 0. The van der Waals surface area contributed by atoms with E-state index >= 15 is 0 Å². The molecule has 1 amide bonds. The SMILES string of the molecule is CC(C)C(=O)Nc1ccccc1OCCN. The number of nitrogens with one attached hydrogen (secondary N) is 1. The van der Waals surface area contributed by atoms with E-state index in [0.29, 0.717) is 24.6 Å². The Morgan fingerprint density at radius 2 is 2.12 bits per heavy atom. The lowest BCUT2D eigenvalue weighted by molar-refractivity contribution is -0.118. The molecule has 0 unspecified atom stereocenters. The smallest absolute Gasteiger partial charge is 0.227 e. The van der Waals surface area contributed by atoms with E-state index in [1.165, 1.54) is 0 Å². The number of ether oxygens (including phenoxy) is 1. The highest BCUT2D eigenvalue weighted by molar-refractivity contribution is 5.93. The van der Waals surface area contributed by atoms with Crippen molar-refractivity contribution < 1.29 is 9.53 Å². The van der Waals surface area contributed by atoms with Crippen LogP contribution in [-0.2, 0) is 4.79 Å². The van der Waals surface area contributed by atoms with Gasteiger partial charge in [0.25, 0.3) is 0 Å². The number of carbonyl (C=O) groups is 1. The van der Waals surface area contributed by atoms with E-state index in [0.717, 1.165) is 0 Å². The van der Waals surface area contributed by atoms with Crippen LogP contribution in [0.5, 0.6) is 5.75 Å². The summed E-state index contributed by atoms with van der Waals surface area (Å²) in [7, 11) is 0. The first-order valence-corrected chi connectivity index (χ1v) is 5.38. The molecule has 0 aliphatic carbocycles. The van der Waals surface area contributed by atoms with Crippen molar-refractivity contribution in [2.24, 2.45) is 11.7 Å². The van der Waals surface area contributed by atoms with Gasteiger partial charge in [-0.15, -0.1) is 0 Å². The summed E-state index contributed by atoms with van der Waals surface area (Å²) in [6, 6.07) is 7.33. The van der Waals surface area contributed by atoms with Crippen molar-refractivity contribution in [2.45, 2.75) is 13.8 Å². The fraction of sp³-hybridized carbons (Fsp3) is 0.417. The van der Waals surface area contributed by atoms with Gasteiger partial charge in [0.15, 0.2) is 0 Å². The van der Waals surface area contributed by atoms with E-state index < -0.39 is 0 Å². The number of nitrogens with two attached hydrogens (primary N) is 1. The van der Waals surface area contributed by atoms with Gasteiger partial charge in [-0.05, 0) is 12.1 Å². The monoisotopic (exact) mass is 222 g/mol. The second-order valence-corrected chi connectivity index (χ2v) is 3.78. The number of hydrogen-bond donors (Lipinski definition) is 2. The average Bonchev–Trinajstić information content (AvgIpc) is 2.27. The molecular formula is C12H18N2O2. The van der Waals surface area contributed by atoms with E-state index in [9.17, 15) is 4.79 Å². The molecule has 0 aliphatic rings. The first kappa shape index (κ1) is 12.5. The van der Waals surface area contributed by atoms with Crippen molar-refractivity contribution in [3.8, 4) is 5.75 Å². The van der Waals surface area contributed by atoms with Gasteiger partial charge in [0, 0.05) is 12.5 Å². The number of amides is 1. The van der Waals surface area contributed by atoms with Gasteiger partial charge in [-0.25, -0.2) is 0 Å². The summed E-state index contributed by atoms with van der Waals surface area (Å²) in [4.78, 5) is 11.5. The van der Waals surface area contributed by atoms with Gasteiger partial charge >= 0.3 is 0 Å². The molecular weight excluding hydrogens is 204 g/mol. The zero-order chi connectivity index (χ0) is 12.0. The molecule has 0 saturated heterocycles. The fourth-order valence-corrected chi connectivity index (χ4v) is 1.14. The molecule has 1 aromatic rings. The van der Waals surface area contributed by atoms with Crippen molar-refractivity contribution in [3.63, 3.8) is 0 Å². The molecule has 4 nitrogen and oxygen atoms in total. The van der Waals surface area contributed by atoms with E-state index in [-0.39, 0.29) is 11.8 Å². The van der Waals surface area contributed by atoms with Crippen LogP contribution in [0.1, 0.15) is 13.8 Å². The van der Waals surface area contributed by atoms with E-state index in [2.05, 4.69) is 5.32 Å². The van der Waals surface area contributed by atoms with E-state index in [1.54, 1.807) is 0 Å². The molecule has 0 spiro atoms. The summed E-state index contributed by atoms with van der Waals surface area (Å²) in [5, 5.41) is 2.81. The maximum atomic E-state index is 11.5. The molecule has 88 valence electrons. The highest BCUT2D eigenvalue weighted by atomic mass is 16.5. The summed E-state index contributed by atoms with van der Waals surface area (Å²) in [5.41, 5.74) is 6.05. The second-order valence-electron chi connectivity index (χ2n) is 3.78. The Bertz CT molecular complexity index is 351. The van der Waals surface area contributed by atoms with Crippen LogP contribution < -0.4 is 15.8 Å². The Kier molecular flexibility index (Phi) is 4.79. The predicted octanol–water partition coefficient (Wildman–Crippen LogP) is 1.62. The molecule has 0 bridgehead atoms. The summed E-state index contributed by atoms with van der Waals surface area (Å²) in [6.07, 6.45) is 0. The molecule has 0 atom stereocenters. The number of para-hydroxylation sites is 2. The zero-order valence-electron chi connectivity index (χ0n) is 9.69. The van der Waals surface area contributed by atoms with Gasteiger partial charge in [0.1, 0.15) is 12.4 Å². The number of rotatable bonds is 5. The van der Waals surface area contributed by atoms with Crippen LogP contribution in [0.4, 0.5) is 5.69 Å². The Morgan fingerprint density at radius 3 is 2.75 bits per heavy atom. The van der Waals surface area contributed by atoms with Crippen LogP contribution in [0, 0.1) is 5.92 Å². The minimum atomic E-state index is -0.0532. The molecule has 4 heteroatoms. The molecule has 0 saturated carbocycles. The van der Waals surface area contributed by atoms with Crippen molar-refractivity contribution in [3.05, 3.63) is 24.3 Å². The summed E-state index contributed by atoms with van der Waals surface area (Å²) in [5.74, 6) is 0.577. The zero-order valence-corrected chi connectivity index (χ0v) is 9.69. The molecule has 1 rings (SSSR count). The molecule has 1 aromatic carbocycles. The maximum absolute atomic E-state index is 11.5. The lowest BCUT2D eigenvalue weighted by atomic mass is 10.2. The van der Waals surface area contributed by atoms with Crippen molar-refractivity contribution in [1.29, 1.82) is 0 Å². The lowest BCUT2D eigenvalue weighted by Gasteiger charge is -2.12. The minimum Gasteiger partial charge on any atom is -0.490 e. The third kappa shape index (κ3) is 3.55. The topological polar surface area (TPSA) is 64.3 Å². The summed E-state index contributed by atoms with van der Waals surface area (Å²) in [6.45, 7) is 4.58. The van der Waals surface area contributed by atoms with Crippen LogP contribution >= 0.6 is 0 Å². The highest BCUT2D eigenvalue weighted by Gasteiger charge is 2.10. The molecule has 0 heterocycles. The van der Waals surface area contributed by atoms with Gasteiger partial charge in [0.05, 0.1) is 5.69 Å². The third-order valence-corrected chi connectivity index (χ3v) is 2.04. The first-order chi connectivity index (χ1) is 7.65. The first-order valence-electron chi connectivity index (χ1n) is 5.38. The van der Waals surface area contributed by atoms with Gasteiger partial charge in [0.2, 0.25) is 5.91 Å². The molecule has 0 aliphatic heterocycles. The van der Waals surface area contributed by atoms with Gasteiger partial charge in [-0.2, -0.15) is 0 Å². The van der Waals surface area contributed by atoms with Crippen molar-refractivity contribution in [2.75, 3.05) is 18.5 Å². The Morgan fingerprint density at radius 1 is 1.44 bits per heavy atom. The maximum Gasteiger partial charge on any atom is 0.227 e. The number of hydrogen-bond acceptors (Lipinski definition) is 3. The molecule has 16 heavy (non-hydrogen) atoms. The molecule has 0 aromatic heterocycles. The highest BCUT2D eigenvalue weighted by Crippen LogP contribution is 2.23. The van der Waals surface area contributed by atoms with Crippen LogP contribution in [0.3, 0.4) is 0 Å². The van der Waals surface area contributed by atoms with Gasteiger partial charge in [-0.3, -0.25) is 4.79 Å². The second kappa shape index (κ2) is 6.12. The van der Waals surface area contributed by atoms with Crippen LogP contribution in [0.2, 0.25) is 0 Å². The Balaban J connectivity index is 2.74. The normalized spacial score (nSPS) is 10.2. The van der Waals surface area contributed by atoms with E-state index in [1.807, 2.05) is 38.1 Å². The predicted molar refractivity (Wildman–Crippen MR) is 64.5 cm³/mol. The third-order valence-electron chi connectivity index (χ3n) is 2.04. The average molecular weight is 222 g/mol. The largest absolute Gasteiger partial charge is 0.490 e. The molecule has 0 radical (unpaired) electrons. The number of carbonyl (C=O) groups excluding carboxylic acids is 1. The number of anilines is 1. The van der Waals surface area contributed by atoms with Crippen LogP contribution in [-0.4, -0.2) is 19.1 Å². The standard InChI is InChI=1S/C12H18N2O2/c1-9(2)12(15)14-10-5-3-4-6-11(10)16-8-7-13/h3-6,9H,7-8,13H2,1-2H3,(H,14,15). The fourth-order valence-electron chi connectivity index (χ4n) is 1.14. The minimum absolute atomic E-state index is 0.0243. The Labute approximate surface area is 95.8 Å². The number of benzene rings is 1. The van der Waals surface area contributed by atoms with Crippen molar-refractivity contribution in [1.82, 2.24) is 0 Å². The van der Waals surface area contributed by atoms with Gasteiger partial charge in [-0.1, -0.05) is 26.0 Å². The van der Waals surface area contributed by atoms with Crippen LogP contribution in [0.25, 0.3) is 0 Å².